The zero-order chi connectivity index (χ0) is 8.27. The van der Waals surface area contributed by atoms with Gasteiger partial charge in [-0.1, -0.05) is 5.16 Å². The monoisotopic (exact) mass is 192 g/mol. The molecule has 0 aliphatic heterocycles. The van der Waals surface area contributed by atoms with Gasteiger partial charge in [0, 0.05) is 0 Å². The van der Waals surface area contributed by atoms with Crippen LogP contribution in [-0.2, 0) is 17.8 Å². The first-order chi connectivity index (χ1) is 5.22. The largest absolute Gasteiger partial charge is 0.369 e. The maximum Gasteiger partial charge on any atom is 0.236 e. The fourth-order valence-corrected chi connectivity index (χ4v) is 0.594. The number of nitrogens with two attached hydrogens (primary N) is 2. The molecule has 7 heteroatoms. The average molecular weight is 193 g/mol. The summed E-state index contributed by atoms with van der Waals surface area (Å²) >= 11 is 0. The predicted molar refractivity (Wildman–Crippen MR) is 42.3 cm³/mol. The number of primary amides is 1. The van der Waals surface area contributed by atoms with Crippen molar-refractivity contribution >= 4 is 18.3 Å². The van der Waals surface area contributed by atoms with E-state index >= 15 is 0 Å². The van der Waals surface area contributed by atoms with Crippen molar-refractivity contribution in [2.75, 3.05) is 0 Å². The third kappa shape index (κ3) is 2.85. The van der Waals surface area contributed by atoms with Gasteiger partial charge in [-0.05, 0) is 0 Å². The van der Waals surface area contributed by atoms with E-state index in [0.717, 1.165) is 0 Å². The van der Waals surface area contributed by atoms with Crippen molar-refractivity contribution in [3.8, 4) is 0 Å². The van der Waals surface area contributed by atoms with Crippen molar-refractivity contribution in [1.29, 1.82) is 0 Å². The van der Waals surface area contributed by atoms with E-state index in [1.165, 1.54) is 0 Å². The summed E-state index contributed by atoms with van der Waals surface area (Å²) < 4.78 is 4.62. The van der Waals surface area contributed by atoms with Gasteiger partial charge in [-0.15, -0.1) is 12.4 Å². The SMILES string of the molecule is Cl.NCc1noc(CC(N)=O)n1. The molecular weight excluding hydrogens is 184 g/mol. The number of carbonyl (C=O) groups is 1. The first kappa shape index (κ1) is 10.9. The molecule has 0 aliphatic carbocycles. The van der Waals surface area contributed by atoms with Crippen LogP contribution >= 0.6 is 12.4 Å². The van der Waals surface area contributed by atoms with Crippen LogP contribution in [-0.4, -0.2) is 16.0 Å². The second-order valence-corrected chi connectivity index (χ2v) is 1.95. The lowest BCUT2D eigenvalue weighted by Gasteiger charge is -1.83. The van der Waals surface area contributed by atoms with Crippen LogP contribution in [0.25, 0.3) is 0 Å². The van der Waals surface area contributed by atoms with Crippen LogP contribution in [0, 0.1) is 0 Å². The minimum absolute atomic E-state index is 0. The van der Waals surface area contributed by atoms with Crippen LogP contribution in [0.3, 0.4) is 0 Å². The Morgan fingerprint density at radius 3 is 2.67 bits per heavy atom. The Bertz CT molecular complexity index is 262. The molecule has 1 aromatic rings. The van der Waals surface area contributed by atoms with Gasteiger partial charge < -0.3 is 16.0 Å². The number of rotatable bonds is 3. The lowest BCUT2D eigenvalue weighted by molar-refractivity contribution is -0.117. The fraction of sp³-hybridized carbons (Fsp3) is 0.400. The molecule has 0 saturated carbocycles. The molecule has 0 bridgehead atoms. The summed E-state index contributed by atoms with van der Waals surface area (Å²) in [5.74, 6) is 0.0800. The van der Waals surface area contributed by atoms with Crippen LogP contribution in [0.1, 0.15) is 11.7 Å². The van der Waals surface area contributed by atoms with Crippen molar-refractivity contribution in [3.05, 3.63) is 11.7 Å². The van der Waals surface area contributed by atoms with Gasteiger partial charge >= 0.3 is 0 Å². The molecule has 1 rings (SSSR count). The zero-order valence-electron chi connectivity index (χ0n) is 6.19. The van der Waals surface area contributed by atoms with Crippen molar-refractivity contribution in [2.45, 2.75) is 13.0 Å². The smallest absolute Gasteiger partial charge is 0.236 e. The van der Waals surface area contributed by atoms with Crippen LogP contribution in [0.15, 0.2) is 4.52 Å². The molecule has 0 spiro atoms. The van der Waals surface area contributed by atoms with Crippen molar-refractivity contribution in [1.82, 2.24) is 10.1 Å². The van der Waals surface area contributed by atoms with E-state index in [0.29, 0.717) is 5.82 Å². The lowest BCUT2D eigenvalue weighted by Crippen LogP contribution is -2.13. The highest BCUT2D eigenvalue weighted by atomic mass is 35.5. The number of carbonyl (C=O) groups excluding carboxylic acids is 1. The molecule has 6 nitrogen and oxygen atoms in total. The summed E-state index contributed by atoms with van der Waals surface area (Å²) in [6.45, 7) is 0.197. The van der Waals surface area contributed by atoms with E-state index in [1.54, 1.807) is 0 Å². The zero-order valence-corrected chi connectivity index (χ0v) is 7.00. The van der Waals surface area contributed by atoms with E-state index in [9.17, 15) is 4.79 Å². The van der Waals surface area contributed by atoms with E-state index in [1.807, 2.05) is 0 Å². The van der Waals surface area contributed by atoms with E-state index in [4.69, 9.17) is 11.5 Å². The normalized spacial score (nSPS) is 9.08. The Hall–Kier alpha value is -1.14. The lowest BCUT2D eigenvalue weighted by atomic mass is 10.4. The van der Waals surface area contributed by atoms with E-state index < -0.39 is 5.91 Å². The third-order valence-corrected chi connectivity index (χ3v) is 1.02. The van der Waals surface area contributed by atoms with Crippen molar-refractivity contribution in [3.63, 3.8) is 0 Å². The number of halogens is 1. The molecule has 0 atom stereocenters. The number of hydrogen-bond donors (Lipinski definition) is 2. The molecule has 0 radical (unpaired) electrons. The molecule has 0 saturated heterocycles. The molecule has 1 amide bonds. The molecule has 12 heavy (non-hydrogen) atoms. The van der Waals surface area contributed by atoms with Crippen LogP contribution in [0.4, 0.5) is 0 Å². The molecule has 0 aliphatic rings. The van der Waals surface area contributed by atoms with Gasteiger partial charge in [0.15, 0.2) is 5.82 Å². The minimum atomic E-state index is -0.503. The molecule has 1 heterocycles. The summed E-state index contributed by atoms with van der Waals surface area (Å²) in [6, 6.07) is 0. The summed E-state index contributed by atoms with van der Waals surface area (Å²) in [4.78, 5) is 14.1. The number of aromatic nitrogens is 2. The van der Waals surface area contributed by atoms with Crippen LogP contribution in [0.2, 0.25) is 0 Å². The van der Waals surface area contributed by atoms with Gasteiger partial charge in [0.1, 0.15) is 6.42 Å². The van der Waals surface area contributed by atoms with Gasteiger partial charge in [0.25, 0.3) is 0 Å². The fourth-order valence-electron chi connectivity index (χ4n) is 0.594. The molecule has 1 aromatic heterocycles. The van der Waals surface area contributed by atoms with Gasteiger partial charge in [0.05, 0.1) is 6.54 Å². The van der Waals surface area contributed by atoms with Crippen molar-refractivity contribution < 1.29 is 9.32 Å². The maximum atomic E-state index is 10.3. The first-order valence-corrected chi connectivity index (χ1v) is 3.02. The van der Waals surface area contributed by atoms with Gasteiger partial charge in [0.2, 0.25) is 11.8 Å². The summed E-state index contributed by atoms with van der Waals surface area (Å²) in [7, 11) is 0. The molecule has 4 N–H and O–H groups in total. The van der Waals surface area contributed by atoms with Crippen LogP contribution < -0.4 is 11.5 Å². The number of nitrogens with zero attached hydrogens (tertiary/aromatic N) is 2. The molecule has 0 aromatic carbocycles. The Morgan fingerprint density at radius 2 is 2.25 bits per heavy atom. The quantitative estimate of drug-likeness (QED) is 0.637. The Kier molecular flexibility index (Phi) is 4.24. The Labute approximate surface area is 74.7 Å². The van der Waals surface area contributed by atoms with E-state index in [2.05, 4.69) is 14.7 Å². The second-order valence-electron chi connectivity index (χ2n) is 1.95. The maximum absolute atomic E-state index is 10.3. The summed E-state index contributed by atoms with van der Waals surface area (Å²) in [6.07, 6.45) is -0.0347. The molecule has 0 fully saturated rings. The first-order valence-electron chi connectivity index (χ1n) is 3.02. The van der Waals surface area contributed by atoms with E-state index in [-0.39, 0.29) is 31.3 Å². The predicted octanol–water partition coefficient (Wildman–Crippen LogP) is -1.02. The van der Waals surface area contributed by atoms with Crippen LogP contribution in [0.5, 0.6) is 0 Å². The molecular formula is C5H9ClN4O2. The molecule has 0 unspecified atom stereocenters. The topological polar surface area (TPSA) is 108 Å². The minimum Gasteiger partial charge on any atom is -0.369 e. The van der Waals surface area contributed by atoms with Gasteiger partial charge in [-0.25, -0.2) is 0 Å². The number of hydrogen-bond acceptors (Lipinski definition) is 5. The Morgan fingerprint density at radius 1 is 1.58 bits per heavy atom. The van der Waals surface area contributed by atoms with Gasteiger partial charge in [-0.3, -0.25) is 4.79 Å². The molecule has 68 valence electrons. The second kappa shape index (κ2) is 4.68. The van der Waals surface area contributed by atoms with Crippen molar-refractivity contribution in [2.24, 2.45) is 11.5 Å². The Balaban J connectivity index is 0.00000121. The highest BCUT2D eigenvalue weighted by Gasteiger charge is 2.06. The summed E-state index contributed by atoms with van der Waals surface area (Å²) in [5, 5.41) is 3.47. The highest BCUT2D eigenvalue weighted by Crippen LogP contribution is 1.96. The summed E-state index contributed by atoms with van der Waals surface area (Å²) in [5.41, 5.74) is 10.1. The highest BCUT2D eigenvalue weighted by molar-refractivity contribution is 5.85. The average Bonchev–Trinajstić information content (AvgIpc) is 2.34. The third-order valence-electron chi connectivity index (χ3n) is 1.02. The van der Waals surface area contributed by atoms with Gasteiger partial charge in [-0.2, -0.15) is 4.98 Å². The standard InChI is InChI=1S/C5H8N4O2.ClH/c6-2-4-8-5(11-9-4)1-3(7)10;/h1-2,6H2,(H2,7,10);1H. The number of amides is 1.